The maximum Gasteiger partial charge on any atom is 0.283 e. The van der Waals surface area contributed by atoms with Crippen molar-refractivity contribution in [2.75, 3.05) is 0 Å². The Kier molecular flexibility index (Phi) is 8.01. The van der Waals surface area contributed by atoms with Crippen LogP contribution in [0.3, 0.4) is 0 Å². The normalized spacial score (nSPS) is 12.5. The predicted octanol–water partition coefficient (Wildman–Crippen LogP) is 6.90. The van der Waals surface area contributed by atoms with Crippen LogP contribution in [0.5, 0.6) is 5.88 Å². The van der Waals surface area contributed by atoms with Gasteiger partial charge in [-0.25, -0.2) is 4.57 Å². The molecule has 1 unspecified atom stereocenters. The van der Waals surface area contributed by atoms with Gasteiger partial charge in [-0.15, -0.1) is 5.11 Å². The summed E-state index contributed by atoms with van der Waals surface area (Å²) in [5, 5.41) is 36.8. The number of pyridine rings is 1. The molecule has 0 bridgehead atoms. The summed E-state index contributed by atoms with van der Waals surface area (Å²) in [5.74, 6) is -0.440. The molecule has 0 saturated carbocycles. The summed E-state index contributed by atoms with van der Waals surface area (Å²) < 4.78 is 6.84. The number of azo groups is 2. The van der Waals surface area contributed by atoms with Gasteiger partial charge in [-0.05, 0) is 63.6 Å². The molecule has 0 aliphatic rings. The van der Waals surface area contributed by atoms with Crippen molar-refractivity contribution in [2.24, 2.45) is 20.5 Å². The second-order valence-corrected chi connectivity index (χ2v) is 7.76. The van der Waals surface area contributed by atoms with Crippen molar-refractivity contribution in [2.45, 2.75) is 46.4 Å². The third-order valence-electron chi connectivity index (χ3n) is 4.93. The van der Waals surface area contributed by atoms with Crippen LogP contribution in [-0.4, -0.2) is 15.8 Å². The first-order chi connectivity index (χ1) is 16.3. The Morgan fingerprint density at radius 1 is 0.971 bits per heavy atom. The summed E-state index contributed by atoms with van der Waals surface area (Å²) >= 11 is 0. The van der Waals surface area contributed by atoms with Gasteiger partial charge in [0.2, 0.25) is 5.88 Å². The Bertz CT molecular complexity index is 1290. The molecule has 1 heterocycles. The van der Waals surface area contributed by atoms with Crippen LogP contribution in [0.4, 0.5) is 22.7 Å². The molecule has 0 amide bonds. The number of hydrogen-bond acceptors (Lipinski definition) is 8. The number of rotatable bonds is 8. The zero-order valence-corrected chi connectivity index (χ0v) is 19.5. The second-order valence-electron chi connectivity index (χ2n) is 7.76. The molecule has 2 aromatic carbocycles. The first-order valence-electron chi connectivity index (χ1n) is 10.9. The van der Waals surface area contributed by atoms with Crippen molar-refractivity contribution in [3.8, 4) is 11.9 Å². The molecule has 0 aliphatic heterocycles. The van der Waals surface area contributed by atoms with Gasteiger partial charge in [0, 0.05) is 5.56 Å². The molecule has 1 N–H and O–H groups in total. The van der Waals surface area contributed by atoms with Crippen molar-refractivity contribution in [1.82, 2.24) is 4.57 Å². The standard InChI is InChI=1S/C25H26N6O3/c1-5-22(34-16(2)3)31-24(32)21(15-26)17(4)23(25(31)33)30-29-20-13-11-19(12-14-20)28-27-18-9-7-6-8-10-18/h6-14,16,22,32H,5H2,1-4H3. The van der Waals surface area contributed by atoms with E-state index in [0.29, 0.717) is 17.8 Å². The van der Waals surface area contributed by atoms with E-state index in [2.05, 4.69) is 20.5 Å². The molecule has 9 nitrogen and oxygen atoms in total. The lowest BCUT2D eigenvalue weighted by Gasteiger charge is -2.23. The summed E-state index contributed by atoms with van der Waals surface area (Å²) in [5.41, 5.74) is 1.45. The summed E-state index contributed by atoms with van der Waals surface area (Å²) in [4.78, 5) is 13.2. The van der Waals surface area contributed by atoms with Gasteiger partial charge in [0.15, 0.2) is 5.69 Å². The highest BCUT2D eigenvalue weighted by Gasteiger charge is 2.24. The van der Waals surface area contributed by atoms with E-state index >= 15 is 0 Å². The van der Waals surface area contributed by atoms with Crippen molar-refractivity contribution < 1.29 is 9.84 Å². The van der Waals surface area contributed by atoms with E-state index < -0.39 is 17.7 Å². The van der Waals surface area contributed by atoms with Gasteiger partial charge in [0.25, 0.3) is 5.56 Å². The Hall–Kier alpha value is -4.16. The van der Waals surface area contributed by atoms with E-state index in [1.807, 2.05) is 57.2 Å². The molecule has 1 atom stereocenters. The average Bonchev–Trinajstić information content (AvgIpc) is 2.83. The Labute approximate surface area is 197 Å². The number of nitrogens with zero attached hydrogens (tertiary/aromatic N) is 6. The Morgan fingerprint density at radius 3 is 2.00 bits per heavy atom. The molecule has 3 aromatic rings. The highest BCUT2D eigenvalue weighted by Crippen LogP contribution is 2.31. The van der Waals surface area contributed by atoms with Gasteiger partial charge in [0.05, 0.1) is 23.2 Å². The summed E-state index contributed by atoms with van der Waals surface area (Å²) in [7, 11) is 0. The highest BCUT2D eigenvalue weighted by molar-refractivity contribution is 5.57. The van der Waals surface area contributed by atoms with Crippen LogP contribution < -0.4 is 5.56 Å². The van der Waals surface area contributed by atoms with Gasteiger partial charge in [-0.2, -0.15) is 20.6 Å². The molecule has 1 aromatic heterocycles. The summed E-state index contributed by atoms with van der Waals surface area (Å²) in [6.07, 6.45) is -0.524. The van der Waals surface area contributed by atoms with E-state index in [-0.39, 0.29) is 22.9 Å². The lowest BCUT2D eigenvalue weighted by atomic mass is 10.1. The van der Waals surface area contributed by atoms with Gasteiger partial charge < -0.3 is 9.84 Å². The monoisotopic (exact) mass is 458 g/mol. The minimum Gasteiger partial charge on any atom is -0.493 e. The Balaban J connectivity index is 1.93. The maximum absolute atomic E-state index is 13.2. The first-order valence-corrected chi connectivity index (χ1v) is 10.9. The molecule has 34 heavy (non-hydrogen) atoms. The zero-order valence-electron chi connectivity index (χ0n) is 19.5. The van der Waals surface area contributed by atoms with Crippen molar-refractivity contribution in [3.05, 3.63) is 76.1 Å². The number of ether oxygens (including phenoxy) is 1. The van der Waals surface area contributed by atoms with Crippen LogP contribution in [0.1, 0.15) is 44.5 Å². The molecular weight excluding hydrogens is 432 g/mol. The van der Waals surface area contributed by atoms with Crippen molar-refractivity contribution in [3.63, 3.8) is 0 Å². The number of hydrogen-bond donors (Lipinski definition) is 1. The molecule has 174 valence electrons. The Morgan fingerprint density at radius 2 is 1.50 bits per heavy atom. The number of nitriles is 1. The highest BCUT2D eigenvalue weighted by atomic mass is 16.5. The number of aromatic hydroxyl groups is 1. The lowest BCUT2D eigenvalue weighted by molar-refractivity contribution is -0.0444. The first kappa shape index (κ1) is 24.5. The van der Waals surface area contributed by atoms with E-state index in [4.69, 9.17) is 4.74 Å². The molecule has 0 aliphatic carbocycles. The lowest BCUT2D eigenvalue weighted by Crippen LogP contribution is -2.29. The van der Waals surface area contributed by atoms with Crippen LogP contribution in [0, 0.1) is 18.3 Å². The minimum absolute atomic E-state index is 0.0343. The fourth-order valence-corrected chi connectivity index (χ4v) is 3.25. The van der Waals surface area contributed by atoms with Crippen LogP contribution >= 0.6 is 0 Å². The molecular formula is C25H26N6O3. The minimum atomic E-state index is -0.747. The van der Waals surface area contributed by atoms with Crippen molar-refractivity contribution >= 4 is 22.7 Å². The maximum atomic E-state index is 13.2. The van der Waals surface area contributed by atoms with Crippen molar-refractivity contribution in [1.29, 1.82) is 5.26 Å². The van der Waals surface area contributed by atoms with Gasteiger partial charge in [-0.1, -0.05) is 25.1 Å². The smallest absolute Gasteiger partial charge is 0.283 e. The third-order valence-corrected chi connectivity index (χ3v) is 4.93. The molecule has 0 fully saturated rings. The molecule has 0 spiro atoms. The van der Waals surface area contributed by atoms with Gasteiger partial charge in [-0.3, -0.25) is 4.79 Å². The van der Waals surface area contributed by atoms with E-state index in [0.717, 1.165) is 10.3 Å². The SMILES string of the molecule is CCC(OC(C)C)n1c(O)c(C#N)c(C)c(N=Nc2ccc(N=Nc3ccccc3)cc2)c1=O. The van der Waals surface area contributed by atoms with E-state index in [9.17, 15) is 15.2 Å². The number of aromatic nitrogens is 1. The van der Waals surface area contributed by atoms with E-state index in [1.165, 1.54) is 0 Å². The fraction of sp³-hybridized carbons (Fsp3) is 0.280. The molecule has 0 radical (unpaired) electrons. The predicted molar refractivity (Wildman–Crippen MR) is 129 cm³/mol. The molecule has 0 saturated heterocycles. The third kappa shape index (κ3) is 5.60. The van der Waals surface area contributed by atoms with E-state index in [1.54, 1.807) is 31.2 Å². The van der Waals surface area contributed by atoms with Crippen LogP contribution in [-0.2, 0) is 4.74 Å². The molecule has 3 rings (SSSR count). The zero-order chi connectivity index (χ0) is 24.7. The quantitative estimate of drug-likeness (QED) is 0.369. The van der Waals surface area contributed by atoms with Gasteiger partial charge in [0.1, 0.15) is 17.9 Å². The summed E-state index contributed by atoms with van der Waals surface area (Å²) in [6.45, 7) is 7.03. The number of benzene rings is 2. The fourth-order valence-electron chi connectivity index (χ4n) is 3.25. The largest absolute Gasteiger partial charge is 0.493 e. The van der Waals surface area contributed by atoms with Crippen LogP contribution in [0.15, 0.2) is 79.8 Å². The van der Waals surface area contributed by atoms with Crippen LogP contribution in [0.25, 0.3) is 0 Å². The van der Waals surface area contributed by atoms with Gasteiger partial charge >= 0.3 is 0 Å². The van der Waals surface area contributed by atoms with Crippen LogP contribution in [0.2, 0.25) is 0 Å². The second kappa shape index (κ2) is 11.1. The molecule has 9 heteroatoms. The summed E-state index contributed by atoms with van der Waals surface area (Å²) in [6, 6.07) is 18.2. The topological polar surface area (TPSA) is 125 Å². The average molecular weight is 459 g/mol.